The van der Waals surface area contributed by atoms with Gasteiger partial charge in [0.15, 0.2) is 0 Å². The highest BCUT2D eigenvalue weighted by molar-refractivity contribution is 5.83. The predicted octanol–water partition coefficient (Wildman–Crippen LogP) is 3.16. The number of pyridine rings is 1. The van der Waals surface area contributed by atoms with E-state index < -0.39 is 23.4 Å². The topological polar surface area (TPSA) is 71.2 Å². The average Bonchev–Trinajstić information content (AvgIpc) is 3.24. The Kier molecular flexibility index (Phi) is 4.77. The fraction of sp³-hybridized carbons (Fsp3) is 0.350. The van der Waals surface area contributed by atoms with Gasteiger partial charge >= 0.3 is 0 Å². The second-order valence-corrected chi connectivity index (χ2v) is 7.53. The van der Waals surface area contributed by atoms with E-state index in [9.17, 15) is 23.1 Å². The van der Waals surface area contributed by atoms with Gasteiger partial charge in [-0.1, -0.05) is 6.07 Å². The van der Waals surface area contributed by atoms with Crippen molar-refractivity contribution in [2.45, 2.75) is 31.9 Å². The molecule has 6 nitrogen and oxygen atoms in total. The number of hydrogen-bond donors (Lipinski definition) is 1. The summed E-state index contributed by atoms with van der Waals surface area (Å²) >= 11 is 0. The number of β-amino-alcohol motifs (C(OH)–C–C–N with tert-alkyl or cyclic N) is 1. The van der Waals surface area contributed by atoms with Crippen molar-refractivity contribution in [2.24, 2.45) is 0 Å². The number of halogens is 3. The number of carbonyl (C=O) groups excluding carboxylic acids is 1. The van der Waals surface area contributed by atoms with Gasteiger partial charge in [-0.15, -0.1) is 0 Å². The number of amides is 1. The Morgan fingerprint density at radius 1 is 1.28 bits per heavy atom. The van der Waals surface area contributed by atoms with E-state index in [1.807, 2.05) is 0 Å². The molecule has 1 aliphatic heterocycles. The summed E-state index contributed by atoms with van der Waals surface area (Å²) in [6.45, 7) is 2.40. The van der Waals surface area contributed by atoms with Crippen LogP contribution >= 0.6 is 0 Å². The zero-order valence-electron chi connectivity index (χ0n) is 15.6. The SMILES string of the molecule is CC1(O)CCN(C(=O)Cn2ncc3ncc(-c4ccc(F)c(C(F)F)c4)cc32)C1. The van der Waals surface area contributed by atoms with E-state index in [2.05, 4.69) is 10.1 Å². The zero-order valence-corrected chi connectivity index (χ0v) is 15.6. The average molecular weight is 404 g/mol. The minimum atomic E-state index is -2.92. The summed E-state index contributed by atoms with van der Waals surface area (Å²) in [5.74, 6) is -1.14. The molecule has 1 fully saturated rings. The number of alkyl halides is 2. The molecular weight excluding hydrogens is 385 g/mol. The summed E-state index contributed by atoms with van der Waals surface area (Å²) < 4.78 is 41.1. The smallest absolute Gasteiger partial charge is 0.266 e. The van der Waals surface area contributed by atoms with Crippen molar-refractivity contribution in [1.29, 1.82) is 0 Å². The molecule has 152 valence electrons. The minimum absolute atomic E-state index is 0.0313. The van der Waals surface area contributed by atoms with Crippen molar-refractivity contribution in [3.63, 3.8) is 0 Å². The minimum Gasteiger partial charge on any atom is -0.388 e. The molecule has 9 heteroatoms. The maximum Gasteiger partial charge on any atom is 0.266 e. The summed E-state index contributed by atoms with van der Waals surface area (Å²) in [6, 6.07) is 5.19. The van der Waals surface area contributed by atoms with E-state index in [4.69, 9.17) is 0 Å². The number of aliphatic hydroxyl groups is 1. The van der Waals surface area contributed by atoms with E-state index >= 15 is 0 Å². The molecule has 1 N–H and O–H groups in total. The third-order valence-electron chi connectivity index (χ3n) is 5.15. The lowest BCUT2D eigenvalue weighted by atomic mass is 10.0. The van der Waals surface area contributed by atoms with Crippen LogP contribution in [0.15, 0.2) is 36.7 Å². The lowest BCUT2D eigenvalue weighted by Gasteiger charge is -2.19. The van der Waals surface area contributed by atoms with Crippen LogP contribution in [0.3, 0.4) is 0 Å². The first-order valence-corrected chi connectivity index (χ1v) is 9.13. The number of fused-ring (bicyclic) bond motifs is 1. The molecule has 0 bridgehead atoms. The van der Waals surface area contributed by atoms with Crippen LogP contribution in [0.1, 0.15) is 25.3 Å². The van der Waals surface area contributed by atoms with Gasteiger partial charge in [0.05, 0.1) is 22.9 Å². The Bertz CT molecular complexity index is 1080. The molecule has 1 unspecified atom stereocenters. The van der Waals surface area contributed by atoms with Crippen LogP contribution in [-0.4, -0.2) is 49.4 Å². The van der Waals surface area contributed by atoms with Crippen molar-refractivity contribution < 1.29 is 23.1 Å². The van der Waals surface area contributed by atoms with Gasteiger partial charge in [0, 0.05) is 24.8 Å². The van der Waals surface area contributed by atoms with Crippen LogP contribution in [0.4, 0.5) is 13.2 Å². The van der Waals surface area contributed by atoms with Crippen LogP contribution < -0.4 is 0 Å². The van der Waals surface area contributed by atoms with Gasteiger partial charge in [0.2, 0.25) is 5.91 Å². The molecule has 0 spiro atoms. The number of nitrogens with zero attached hydrogens (tertiary/aromatic N) is 4. The second kappa shape index (κ2) is 7.14. The Balaban J connectivity index is 1.63. The van der Waals surface area contributed by atoms with Gasteiger partial charge in [0.25, 0.3) is 6.43 Å². The lowest BCUT2D eigenvalue weighted by Crippen LogP contribution is -2.36. The van der Waals surface area contributed by atoms with Crippen molar-refractivity contribution in [3.05, 3.63) is 48.0 Å². The van der Waals surface area contributed by atoms with Gasteiger partial charge in [0.1, 0.15) is 17.9 Å². The summed E-state index contributed by atoms with van der Waals surface area (Å²) in [6.07, 6.45) is 0.604. The Labute approximate surface area is 164 Å². The molecule has 0 radical (unpaired) electrons. The third-order valence-corrected chi connectivity index (χ3v) is 5.15. The van der Waals surface area contributed by atoms with E-state index in [1.165, 1.54) is 23.1 Å². The quantitative estimate of drug-likeness (QED) is 0.725. The van der Waals surface area contributed by atoms with Crippen LogP contribution in [0.2, 0.25) is 0 Å². The van der Waals surface area contributed by atoms with Crippen LogP contribution in [0.25, 0.3) is 22.2 Å². The number of benzene rings is 1. The molecule has 1 atom stereocenters. The number of rotatable bonds is 4. The molecule has 0 saturated carbocycles. The maximum atomic E-state index is 13.6. The zero-order chi connectivity index (χ0) is 20.8. The first-order chi connectivity index (χ1) is 13.7. The molecule has 3 heterocycles. The fourth-order valence-electron chi connectivity index (χ4n) is 3.52. The van der Waals surface area contributed by atoms with Crippen LogP contribution in [0.5, 0.6) is 0 Å². The third kappa shape index (κ3) is 3.82. The molecule has 2 aromatic heterocycles. The molecule has 0 aliphatic carbocycles. The van der Waals surface area contributed by atoms with Crippen molar-refractivity contribution in [3.8, 4) is 11.1 Å². The van der Waals surface area contributed by atoms with Gasteiger partial charge in [-0.05, 0) is 37.1 Å². The van der Waals surface area contributed by atoms with E-state index in [-0.39, 0.29) is 19.0 Å². The fourth-order valence-corrected chi connectivity index (χ4v) is 3.52. The van der Waals surface area contributed by atoms with E-state index in [0.717, 1.165) is 12.1 Å². The normalized spacial score (nSPS) is 19.4. The number of aromatic nitrogens is 3. The molecule has 3 aromatic rings. The van der Waals surface area contributed by atoms with Gasteiger partial charge in [-0.3, -0.25) is 14.5 Å². The van der Waals surface area contributed by atoms with Crippen molar-refractivity contribution in [2.75, 3.05) is 13.1 Å². The summed E-state index contributed by atoms with van der Waals surface area (Å²) in [5.41, 5.74) is 0.452. The number of hydrogen-bond acceptors (Lipinski definition) is 4. The maximum absolute atomic E-state index is 13.6. The Hall–Kier alpha value is -2.94. The highest BCUT2D eigenvalue weighted by Crippen LogP contribution is 2.29. The van der Waals surface area contributed by atoms with Gasteiger partial charge < -0.3 is 10.0 Å². The molecule has 29 heavy (non-hydrogen) atoms. The summed E-state index contributed by atoms with van der Waals surface area (Å²) in [4.78, 5) is 18.4. The Morgan fingerprint density at radius 2 is 2.07 bits per heavy atom. The van der Waals surface area contributed by atoms with E-state index in [1.54, 1.807) is 17.9 Å². The van der Waals surface area contributed by atoms with Gasteiger partial charge in [-0.25, -0.2) is 13.2 Å². The number of carbonyl (C=O) groups is 1. The molecule has 4 rings (SSSR count). The van der Waals surface area contributed by atoms with Gasteiger partial charge in [-0.2, -0.15) is 5.10 Å². The molecule has 1 aliphatic rings. The number of likely N-dealkylation sites (tertiary alicyclic amines) is 1. The first-order valence-electron chi connectivity index (χ1n) is 9.13. The predicted molar refractivity (Wildman–Crippen MR) is 99.7 cm³/mol. The molecular formula is C20H19F3N4O2. The lowest BCUT2D eigenvalue weighted by molar-refractivity contribution is -0.131. The van der Waals surface area contributed by atoms with Crippen LogP contribution in [-0.2, 0) is 11.3 Å². The van der Waals surface area contributed by atoms with Crippen LogP contribution in [0, 0.1) is 5.82 Å². The molecule has 1 amide bonds. The molecule has 1 saturated heterocycles. The first kappa shape index (κ1) is 19.4. The van der Waals surface area contributed by atoms with E-state index in [0.29, 0.717) is 35.1 Å². The second-order valence-electron chi connectivity index (χ2n) is 7.53. The standard InChI is InChI=1S/C20H19F3N4O2/c1-20(29)4-5-26(11-20)18(28)10-27-17-7-13(8-24-16(17)9-25-27)12-2-3-15(21)14(6-12)19(22)23/h2-3,6-9,19,29H,4-5,10-11H2,1H3. The summed E-state index contributed by atoms with van der Waals surface area (Å²) in [7, 11) is 0. The van der Waals surface area contributed by atoms with Crippen molar-refractivity contribution in [1.82, 2.24) is 19.7 Å². The molecule has 1 aromatic carbocycles. The monoisotopic (exact) mass is 404 g/mol. The Morgan fingerprint density at radius 3 is 2.76 bits per heavy atom. The largest absolute Gasteiger partial charge is 0.388 e. The highest BCUT2D eigenvalue weighted by Gasteiger charge is 2.34. The van der Waals surface area contributed by atoms with Crippen molar-refractivity contribution >= 4 is 16.9 Å². The summed E-state index contributed by atoms with van der Waals surface area (Å²) in [5, 5.41) is 14.3. The highest BCUT2D eigenvalue weighted by atomic mass is 19.3.